The molecule has 0 bridgehead atoms. The van der Waals surface area contributed by atoms with Gasteiger partial charge in [0.15, 0.2) is 0 Å². The molecule has 6 heteroatoms. The molecule has 2 heterocycles. The quantitative estimate of drug-likeness (QED) is 0.915. The van der Waals surface area contributed by atoms with Crippen molar-refractivity contribution in [3.8, 4) is 0 Å². The molecule has 2 aliphatic rings. The van der Waals surface area contributed by atoms with Crippen LogP contribution in [0.2, 0.25) is 0 Å². The molecule has 1 aromatic heterocycles. The average Bonchev–Trinajstić information content (AvgIpc) is 3.16. The van der Waals surface area contributed by atoms with Crippen LogP contribution in [0.15, 0.2) is 12.4 Å². The number of morpholine rings is 1. The number of ether oxygens (including phenoxy) is 1. The molecule has 1 saturated heterocycles. The van der Waals surface area contributed by atoms with Crippen molar-refractivity contribution < 1.29 is 14.6 Å². The zero-order chi connectivity index (χ0) is 15.6. The monoisotopic (exact) mass is 307 g/mol. The number of hydrogen-bond donors (Lipinski definition) is 1. The number of hydrogen-bond acceptors (Lipinski definition) is 4. The molecule has 2 fully saturated rings. The zero-order valence-corrected chi connectivity index (χ0v) is 13.2. The van der Waals surface area contributed by atoms with Gasteiger partial charge in [0.25, 0.3) is 0 Å². The van der Waals surface area contributed by atoms with Crippen molar-refractivity contribution in [1.29, 1.82) is 0 Å². The minimum atomic E-state index is -0.780. The van der Waals surface area contributed by atoms with E-state index in [2.05, 4.69) is 5.10 Å². The normalized spacial score (nSPS) is 24.6. The number of nitrogens with zero attached hydrogens (tertiary/aromatic N) is 3. The van der Waals surface area contributed by atoms with Gasteiger partial charge >= 0.3 is 0 Å². The minimum absolute atomic E-state index is 0.0422. The number of aromatic nitrogens is 2. The average molecular weight is 307 g/mol. The molecule has 1 saturated carbocycles. The Kier molecular flexibility index (Phi) is 4.49. The van der Waals surface area contributed by atoms with E-state index in [0.29, 0.717) is 19.7 Å². The first kappa shape index (κ1) is 15.5. The summed E-state index contributed by atoms with van der Waals surface area (Å²) in [5.74, 6) is 0.0422. The van der Waals surface area contributed by atoms with Crippen molar-refractivity contribution in [3.05, 3.63) is 18.0 Å². The van der Waals surface area contributed by atoms with E-state index in [1.807, 2.05) is 28.9 Å². The van der Waals surface area contributed by atoms with Crippen molar-refractivity contribution in [3.63, 3.8) is 0 Å². The highest BCUT2D eigenvalue weighted by Gasteiger charge is 2.36. The van der Waals surface area contributed by atoms with Gasteiger partial charge < -0.3 is 14.7 Å². The molecule has 1 aromatic rings. The summed E-state index contributed by atoms with van der Waals surface area (Å²) in [5.41, 5.74) is 0.233. The first-order valence-electron chi connectivity index (χ1n) is 8.24. The Labute approximate surface area is 131 Å². The third kappa shape index (κ3) is 3.33. The molecule has 122 valence electrons. The highest BCUT2D eigenvalue weighted by atomic mass is 16.5. The first-order chi connectivity index (χ1) is 10.6. The Hall–Kier alpha value is -1.40. The van der Waals surface area contributed by atoms with E-state index in [9.17, 15) is 9.90 Å². The summed E-state index contributed by atoms with van der Waals surface area (Å²) in [5, 5.41) is 14.7. The van der Waals surface area contributed by atoms with E-state index in [4.69, 9.17) is 4.74 Å². The molecular formula is C16H25N3O3. The molecule has 1 atom stereocenters. The van der Waals surface area contributed by atoms with Crippen LogP contribution in [0.5, 0.6) is 0 Å². The van der Waals surface area contributed by atoms with E-state index in [1.54, 1.807) is 0 Å². The summed E-state index contributed by atoms with van der Waals surface area (Å²) in [6, 6.07) is 0. The van der Waals surface area contributed by atoms with Gasteiger partial charge in [-0.2, -0.15) is 5.10 Å². The van der Waals surface area contributed by atoms with E-state index < -0.39 is 5.60 Å². The van der Waals surface area contributed by atoms with Crippen molar-refractivity contribution in [2.75, 3.05) is 19.7 Å². The maximum Gasteiger partial charge on any atom is 0.225 e. The second-order valence-electron chi connectivity index (χ2n) is 6.44. The van der Waals surface area contributed by atoms with Crippen molar-refractivity contribution in [2.45, 2.75) is 57.3 Å². The van der Waals surface area contributed by atoms with Crippen LogP contribution in [-0.4, -0.2) is 51.0 Å². The highest BCUT2D eigenvalue weighted by molar-refractivity contribution is 5.77. The van der Waals surface area contributed by atoms with Gasteiger partial charge in [0.2, 0.25) is 5.91 Å². The lowest BCUT2D eigenvalue weighted by atomic mass is 9.97. The Morgan fingerprint density at radius 2 is 2.27 bits per heavy atom. The highest BCUT2D eigenvalue weighted by Crippen LogP contribution is 2.33. The molecule has 1 amide bonds. The van der Waals surface area contributed by atoms with Gasteiger partial charge in [-0.1, -0.05) is 12.8 Å². The fourth-order valence-electron chi connectivity index (χ4n) is 3.40. The van der Waals surface area contributed by atoms with E-state index in [-0.39, 0.29) is 18.4 Å². The summed E-state index contributed by atoms with van der Waals surface area (Å²) in [7, 11) is 0. The molecule has 3 rings (SSSR count). The van der Waals surface area contributed by atoms with Crippen LogP contribution in [0.3, 0.4) is 0 Å². The Balaban J connectivity index is 1.61. The smallest absolute Gasteiger partial charge is 0.225 e. The first-order valence-corrected chi connectivity index (χ1v) is 8.24. The van der Waals surface area contributed by atoms with Gasteiger partial charge in [0.05, 0.1) is 31.4 Å². The van der Waals surface area contributed by atoms with Crippen LogP contribution in [0.4, 0.5) is 0 Å². The molecule has 6 nitrogen and oxygen atoms in total. The molecule has 1 unspecified atom stereocenters. The predicted molar refractivity (Wildman–Crippen MR) is 81.2 cm³/mol. The third-order valence-electron chi connectivity index (χ3n) is 4.78. The van der Waals surface area contributed by atoms with Crippen LogP contribution in [0.1, 0.15) is 50.7 Å². The van der Waals surface area contributed by atoms with Crippen LogP contribution < -0.4 is 0 Å². The lowest BCUT2D eigenvalue weighted by Crippen LogP contribution is -2.45. The number of aryl methyl sites for hydroxylation is 1. The van der Waals surface area contributed by atoms with Gasteiger partial charge in [-0.15, -0.1) is 0 Å². The second-order valence-corrected chi connectivity index (χ2v) is 6.44. The topological polar surface area (TPSA) is 67.6 Å². The lowest BCUT2D eigenvalue weighted by molar-refractivity contribution is -0.144. The largest absolute Gasteiger partial charge is 0.389 e. The maximum absolute atomic E-state index is 12.5. The van der Waals surface area contributed by atoms with Gasteiger partial charge in [-0.25, -0.2) is 0 Å². The number of carbonyl (C=O) groups is 1. The standard InChI is InChI=1S/C16H25N3O3/c1-2-19-11-13(10-17-19)14-12-18(7-8-22-14)15(20)9-16(21)5-3-4-6-16/h10-11,14,21H,2-9,12H2,1H3. The van der Waals surface area contributed by atoms with Crippen molar-refractivity contribution in [1.82, 2.24) is 14.7 Å². The molecular weight excluding hydrogens is 282 g/mol. The lowest BCUT2D eigenvalue weighted by Gasteiger charge is -2.34. The van der Waals surface area contributed by atoms with Crippen molar-refractivity contribution >= 4 is 5.91 Å². The minimum Gasteiger partial charge on any atom is -0.389 e. The number of aliphatic hydroxyl groups is 1. The van der Waals surface area contributed by atoms with Crippen LogP contribution in [-0.2, 0) is 16.1 Å². The zero-order valence-electron chi connectivity index (χ0n) is 13.2. The van der Waals surface area contributed by atoms with Gasteiger partial charge in [-0.3, -0.25) is 9.48 Å². The Bertz CT molecular complexity index is 522. The Morgan fingerprint density at radius 1 is 1.50 bits per heavy atom. The molecule has 1 aliphatic heterocycles. The van der Waals surface area contributed by atoms with Gasteiger partial charge in [-0.05, 0) is 19.8 Å². The molecule has 1 aliphatic carbocycles. The summed E-state index contributed by atoms with van der Waals surface area (Å²) in [6.07, 6.45) is 7.45. The number of rotatable bonds is 4. The summed E-state index contributed by atoms with van der Waals surface area (Å²) < 4.78 is 7.65. The van der Waals surface area contributed by atoms with Gasteiger partial charge in [0.1, 0.15) is 6.10 Å². The fourth-order valence-corrected chi connectivity index (χ4v) is 3.40. The number of carbonyl (C=O) groups excluding carboxylic acids is 1. The molecule has 0 spiro atoms. The van der Waals surface area contributed by atoms with E-state index in [0.717, 1.165) is 37.8 Å². The summed E-state index contributed by atoms with van der Waals surface area (Å²) in [6.45, 7) is 4.54. The molecule has 0 aromatic carbocycles. The fraction of sp³-hybridized carbons (Fsp3) is 0.750. The molecule has 0 radical (unpaired) electrons. The number of amides is 1. The molecule has 1 N–H and O–H groups in total. The summed E-state index contributed by atoms with van der Waals surface area (Å²) in [4.78, 5) is 14.3. The molecule has 22 heavy (non-hydrogen) atoms. The van der Waals surface area contributed by atoms with E-state index >= 15 is 0 Å². The maximum atomic E-state index is 12.5. The van der Waals surface area contributed by atoms with E-state index in [1.165, 1.54) is 0 Å². The van der Waals surface area contributed by atoms with Crippen LogP contribution >= 0.6 is 0 Å². The van der Waals surface area contributed by atoms with Crippen molar-refractivity contribution in [2.24, 2.45) is 0 Å². The summed E-state index contributed by atoms with van der Waals surface area (Å²) >= 11 is 0. The van der Waals surface area contributed by atoms with Crippen LogP contribution in [0.25, 0.3) is 0 Å². The predicted octanol–water partition coefficient (Wildman–Crippen LogP) is 1.50. The van der Waals surface area contributed by atoms with Crippen LogP contribution in [0, 0.1) is 0 Å². The second kappa shape index (κ2) is 6.38. The SMILES string of the molecule is CCn1cc(C2CN(C(=O)CC3(O)CCCC3)CCO2)cn1. The Morgan fingerprint density at radius 3 is 2.95 bits per heavy atom. The van der Waals surface area contributed by atoms with Gasteiger partial charge in [0, 0.05) is 24.8 Å². The third-order valence-corrected chi connectivity index (χ3v) is 4.78.